The van der Waals surface area contributed by atoms with E-state index < -0.39 is 11.2 Å². The van der Waals surface area contributed by atoms with Crippen molar-refractivity contribution in [2.75, 3.05) is 0 Å². The minimum Gasteiger partial charge on any atom is -0.316 e. The second kappa shape index (κ2) is 5.67. The molecular weight excluding hydrogens is 359 g/mol. The Hall–Kier alpha value is -1.83. The molecule has 9 heteroatoms. The van der Waals surface area contributed by atoms with E-state index in [1.807, 2.05) is 0 Å². The molecule has 6 nitrogen and oxygen atoms in total. The van der Waals surface area contributed by atoms with Crippen LogP contribution in [-0.4, -0.2) is 18.7 Å². The summed E-state index contributed by atoms with van der Waals surface area (Å²) in [5, 5.41) is 1.01. The first kappa shape index (κ1) is 16.0. The zero-order valence-electron chi connectivity index (χ0n) is 12.3. The summed E-state index contributed by atoms with van der Waals surface area (Å²) in [6.45, 7) is 0.294. The molecule has 3 rings (SSSR count). The summed E-state index contributed by atoms with van der Waals surface area (Å²) in [4.78, 5) is 27.4. The topological polar surface area (TPSA) is 64.7 Å². The molecule has 0 amide bonds. The van der Waals surface area contributed by atoms with Crippen LogP contribution in [0.4, 0.5) is 0 Å². The highest BCUT2D eigenvalue weighted by Gasteiger charge is 2.16. The highest BCUT2D eigenvalue weighted by atomic mass is 35.5. The van der Waals surface area contributed by atoms with Crippen LogP contribution in [-0.2, 0) is 20.6 Å². The van der Waals surface area contributed by atoms with Crippen LogP contribution < -0.4 is 11.2 Å². The Bertz CT molecular complexity index is 1110. The number of halogens is 2. The smallest absolute Gasteiger partial charge is 0.316 e. The Morgan fingerprint density at radius 2 is 1.87 bits per heavy atom. The third-order valence-electron chi connectivity index (χ3n) is 3.72. The second-order valence-corrected chi connectivity index (χ2v) is 6.39. The number of hydrogen-bond acceptors (Lipinski definition) is 3. The number of nitrogens with zero attached hydrogens (tertiary/aromatic N) is 3. The molecule has 0 bridgehead atoms. The number of benzene rings is 1. The largest absolute Gasteiger partial charge is 0.332 e. The van der Waals surface area contributed by atoms with Crippen molar-refractivity contribution in [3.8, 4) is 0 Å². The van der Waals surface area contributed by atoms with Crippen LogP contribution in [0.15, 0.2) is 27.8 Å². The summed E-state index contributed by atoms with van der Waals surface area (Å²) in [6.07, 6.45) is 0. The van der Waals surface area contributed by atoms with Gasteiger partial charge in [0.1, 0.15) is 5.65 Å². The van der Waals surface area contributed by atoms with Gasteiger partial charge in [0.25, 0.3) is 5.56 Å². The SMILES string of the molecule is Cn1c(=O)c2c([nH]c(=S)n2Cc2ccc(Cl)cc2Cl)n(C)c1=O. The average Bonchev–Trinajstić information content (AvgIpc) is 2.83. The molecule has 2 aromatic heterocycles. The van der Waals surface area contributed by atoms with Crippen LogP contribution in [0.2, 0.25) is 10.0 Å². The van der Waals surface area contributed by atoms with Gasteiger partial charge >= 0.3 is 5.69 Å². The van der Waals surface area contributed by atoms with Crippen LogP contribution in [0.5, 0.6) is 0 Å². The molecule has 1 N–H and O–H groups in total. The second-order valence-electron chi connectivity index (χ2n) is 5.16. The molecule has 0 radical (unpaired) electrons. The Kier molecular flexibility index (Phi) is 3.95. The number of H-pyrrole nitrogens is 1. The highest BCUT2D eigenvalue weighted by molar-refractivity contribution is 7.71. The lowest BCUT2D eigenvalue weighted by molar-refractivity contribution is 0.702. The normalized spacial score (nSPS) is 11.3. The standard InChI is InChI=1S/C14H12Cl2N4O2S/c1-18-11-10(12(21)19(2)14(18)22)20(13(23)17-11)6-7-3-4-8(15)5-9(7)16/h3-5H,6H2,1-2H3,(H,17,23). The lowest BCUT2D eigenvalue weighted by Gasteiger charge is -2.08. The highest BCUT2D eigenvalue weighted by Crippen LogP contribution is 2.22. The Balaban J connectivity index is 2.31. The molecule has 120 valence electrons. The van der Waals surface area contributed by atoms with Crippen molar-refractivity contribution in [3.63, 3.8) is 0 Å². The summed E-state index contributed by atoms with van der Waals surface area (Å²) in [5.74, 6) is 0. The van der Waals surface area contributed by atoms with Gasteiger partial charge in [-0.15, -0.1) is 0 Å². The van der Waals surface area contributed by atoms with E-state index in [1.54, 1.807) is 29.8 Å². The lowest BCUT2D eigenvalue weighted by atomic mass is 10.2. The van der Waals surface area contributed by atoms with Crippen molar-refractivity contribution in [2.45, 2.75) is 6.54 Å². The number of rotatable bonds is 2. The Morgan fingerprint density at radius 3 is 2.52 bits per heavy atom. The van der Waals surface area contributed by atoms with Crippen molar-refractivity contribution in [2.24, 2.45) is 14.1 Å². The summed E-state index contributed by atoms with van der Waals surface area (Å²) < 4.78 is 4.36. The van der Waals surface area contributed by atoms with E-state index in [0.717, 1.165) is 10.1 Å². The monoisotopic (exact) mass is 370 g/mol. The minimum absolute atomic E-state index is 0.294. The van der Waals surface area contributed by atoms with E-state index in [4.69, 9.17) is 35.4 Å². The zero-order valence-corrected chi connectivity index (χ0v) is 14.6. The van der Waals surface area contributed by atoms with E-state index in [2.05, 4.69) is 4.98 Å². The molecule has 0 fully saturated rings. The maximum atomic E-state index is 12.5. The predicted octanol–water partition coefficient (Wildman–Crippen LogP) is 2.45. The van der Waals surface area contributed by atoms with Gasteiger partial charge in [-0.05, 0) is 29.9 Å². The third kappa shape index (κ3) is 2.54. The number of aromatic amines is 1. The van der Waals surface area contributed by atoms with Gasteiger partial charge in [0.05, 0.1) is 6.54 Å². The zero-order chi connectivity index (χ0) is 16.9. The fourth-order valence-electron chi connectivity index (χ4n) is 2.45. The summed E-state index contributed by atoms with van der Waals surface area (Å²) in [6, 6.07) is 5.12. The molecule has 0 aliphatic carbocycles. The van der Waals surface area contributed by atoms with Crippen LogP contribution in [0.3, 0.4) is 0 Å². The molecular formula is C14H12Cl2N4O2S. The maximum Gasteiger partial charge on any atom is 0.332 e. The predicted molar refractivity (Wildman–Crippen MR) is 93.2 cm³/mol. The van der Waals surface area contributed by atoms with Gasteiger partial charge in [-0.2, -0.15) is 0 Å². The molecule has 0 saturated heterocycles. The lowest BCUT2D eigenvalue weighted by Crippen LogP contribution is -2.37. The Labute approximate surface area is 145 Å². The van der Waals surface area contributed by atoms with E-state index in [0.29, 0.717) is 32.5 Å². The molecule has 0 saturated carbocycles. The molecule has 0 unspecified atom stereocenters. The first-order chi connectivity index (χ1) is 10.8. The number of imidazole rings is 1. The van der Waals surface area contributed by atoms with Gasteiger partial charge in [-0.25, -0.2) is 4.79 Å². The van der Waals surface area contributed by atoms with E-state index in [-0.39, 0.29) is 0 Å². The molecule has 0 aliphatic heterocycles. The number of hydrogen-bond donors (Lipinski definition) is 1. The van der Waals surface area contributed by atoms with Crippen LogP contribution in [0.25, 0.3) is 11.2 Å². The van der Waals surface area contributed by atoms with Crippen LogP contribution in [0, 0.1) is 4.77 Å². The molecule has 23 heavy (non-hydrogen) atoms. The number of aryl methyl sites for hydroxylation is 1. The molecule has 0 atom stereocenters. The minimum atomic E-state index is -0.421. The van der Waals surface area contributed by atoms with Gasteiger partial charge in [-0.3, -0.25) is 13.9 Å². The first-order valence-electron chi connectivity index (χ1n) is 6.63. The number of aromatic nitrogens is 4. The van der Waals surface area contributed by atoms with Crippen molar-refractivity contribution in [1.29, 1.82) is 0 Å². The summed E-state index contributed by atoms with van der Waals surface area (Å²) >= 11 is 17.4. The molecule has 3 aromatic rings. The summed E-state index contributed by atoms with van der Waals surface area (Å²) in [7, 11) is 3.01. The van der Waals surface area contributed by atoms with Crippen molar-refractivity contribution in [3.05, 3.63) is 59.4 Å². The fourth-order valence-corrected chi connectivity index (χ4v) is 3.18. The first-order valence-corrected chi connectivity index (χ1v) is 7.80. The van der Waals surface area contributed by atoms with Gasteiger partial charge in [-0.1, -0.05) is 29.3 Å². The van der Waals surface area contributed by atoms with Gasteiger partial charge < -0.3 is 9.55 Å². The third-order valence-corrected chi connectivity index (χ3v) is 4.63. The van der Waals surface area contributed by atoms with Crippen LogP contribution >= 0.6 is 35.4 Å². The van der Waals surface area contributed by atoms with Gasteiger partial charge in [0.15, 0.2) is 10.3 Å². The summed E-state index contributed by atoms with van der Waals surface area (Å²) in [5.41, 5.74) is 0.638. The van der Waals surface area contributed by atoms with E-state index in [1.165, 1.54) is 11.6 Å². The van der Waals surface area contributed by atoms with Crippen LogP contribution in [0.1, 0.15) is 5.56 Å². The van der Waals surface area contributed by atoms with E-state index in [9.17, 15) is 9.59 Å². The number of nitrogens with one attached hydrogen (secondary N) is 1. The molecule has 0 aliphatic rings. The quantitative estimate of drug-likeness (QED) is 0.704. The molecule has 1 aromatic carbocycles. The van der Waals surface area contributed by atoms with Crippen molar-refractivity contribution in [1.82, 2.24) is 18.7 Å². The Morgan fingerprint density at radius 1 is 1.17 bits per heavy atom. The maximum absolute atomic E-state index is 12.5. The van der Waals surface area contributed by atoms with Crippen molar-refractivity contribution >= 4 is 46.6 Å². The van der Waals surface area contributed by atoms with Gasteiger partial charge in [0.2, 0.25) is 0 Å². The van der Waals surface area contributed by atoms with Gasteiger partial charge in [0, 0.05) is 24.1 Å². The van der Waals surface area contributed by atoms with Crippen molar-refractivity contribution < 1.29 is 0 Å². The molecule has 0 spiro atoms. The number of fused-ring (bicyclic) bond motifs is 1. The van der Waals surface area contributed by atoms with E-state index >= 15 is 0 Å². The average molecular weight is 371 g/mol. The molecule has 2 heterocycles. The fraction of sp³-hybridized carbons (Fsp3) is 0.214.